The maximum atomic E-state index is 8.35. The molecule has 0 bridgehead atoms. The lowest BCUT2D eigenvalue weighted by Crippen LogP contribution is -1.77. The molecule has 0 atom stereocenters. The molecule has 0 aromatic carbocycles. The molecule has 0 fully saturated rings. The number of aliphatic hydroxyl groups excluding tert-OH is 1. The van der Waals surface area contributed by atoms with E-state index in [4.69, 9.17) is 5.11 Å². The molecule has 0 aliphatic heterocycles. The Morgan fingerprint density at radius 3 is 2.08 bits per heavy atom. The number of hydrogen-bond acceptors (Lipinski definition) is 1. The summed E-state index contributed by atoms with van der Waals surface area (Å²) in [5.41, 5.74) is 0. The van der Waals surface area contributed by atoms with Gasteiger partial charge in [-0.25, -0.2) is 0 Å². The third-order valence-electron chi connectivity index (χ3n) is 1.88. The Kier molecular flexibility index (Phi) is 9.66. The van der Waals surface area contributed by atoms with Gasteiger partial charge in [-0.05, 0) is 25.7 Å². The van der Waals surface area contributed by atoms with Crippen LogP contribution in [-0.2, 0) is 0 Å². The molecule has 0 rings (SSSR count). The quantitative estimate of drug-likeness (QED) is 0.330. The fourth-order valence-electron chi connectivity index (χ4n) is 1.16. The summed E-state index contributed by atoms with van der Waals surface area (Å²) in [6.45, 7) is 3.68. The lowest BCUT2D eigenvalue weighted by molar-refractivity contribution is 0.469. The Morgan fingerprint density at radius 1 is 0.917 bits per heavy atom. The maximum absolute atomic E-state index is 8.35. The van der Waals surface area contributed by atoms with E-state index in [0.717, 1.165) is 19.1 Å². The highest BCUT2D eigenvalue weighted by Gasteiger charge is 1.87. The first kappa shape index (κ1) is 11.3. The Bertz CT molecular complexity index is 116. The van der Waals surface area contributed by atoms with Gasteiger partial charge < -0.3 is 5.11 Å². The van der Waals surface area contributed by atoms with Crippen molar-refractivity contribution in [2.24, 2.45) is 0 Å². The zero-order valence-electron chi connectivity index (χ0n) is 7.84. The molecule has 0 saturated heterocycles. The summed E-state index contributed by atoms with van der Waals surface area (Å²) in [7, 11) is 0. The van der Waals surface area contributed by atoms with Crippen molar-refractivity contribution in [3.63, 3.8) is 0 Å². The van der Waals surface area contributed by atoms with Crippen molar-refractivity contribution in [1.29, 1.82) is 0 Å². The summed E-state index contributed by atoms with van der Waals surface area (Å²) in [6, 6.07) is 0. The number of rotatable bonds is 8. The minimum atomic E-state index is 1.01. The topological polar surface area (TPSA) is 20.2 Å². The predicted octanol–water partition coefficient (Wildman–Crippen LogP) is 3.97. The predicted molar refractivity (Wildman–Crippen MR) is 54.3 cm³/mol. The van der Waals surface area contributed by atoms with Crippen molar-refractivity contribution in [3.05, 3.63) is 25.0 Å². The summed E-state index contributed by atoms with van der Waals surface area (Å²) >= 11 is 0. The highest BCUT2D eigenvalue weighted by Crippen LogP contribution is 2.07. The van der Waals surface area contributed by atoms with E-state index in [9.17, 15) is 0 Å². The zero-order valence-corrected chi connectivity index (χ0v) is 7.84. The average Bonchev–Trinajstić information content (AvgIpc) is 2.10. The van der Waals surface area contributed by atoms with Gasteiger partial charge in [-0.15, -0.1) is 6.58 Å². The van der Waals surface area contributed by atoms with E-state index in [0.29, 0.717) is 0 Å². The largest absolute Gasteiger partial charge is 0.516 e. The van der Waals surface area contributed by atoms with Gasteiger partial charge in [0.15, 0.2) is 0 Å². The fraction of sp³-hybridized carbons (Fsp3) is 0.636. The van der Waals surface area contributed by atoms with Gasteiger partial charge in [-0.1, -0.05) is 31.4 Å². The smallest absolute Gasteiger partial charge is 0.0751 e. The van der Waals surface area contributed by atoms with E-state index in [1.54, 1.807) is 0 Å². The van der Waals surface area contributed by atoms with Crippen LogP contribution in [0.15, 0.2) is 25.0 Å². The number of unbranched alkanes of at least 4 members (excludes halogenated alkanes) is 6. The number of hydrogen-bond donors (Lipinski definition) is 1. The Balaban J connectivity index is 2.86. The second kappa shape index (κ2) is 10.3. The molecule has 0 radical (unpaired) electrons. The maximum Gasteiger partial charge on any atom is 0.0751 e. The van der Waals surface area contributed by atoms with E-state index in [1.165, 1.54) is 32.1 Å². The van der Waals surface area contributed by atoms with Gasteiger partial charge in [0.25, 0.3) is 0 Å². The molecule has 0 amide bonds. The van der Waals surface area contributed by atoms with Crippen LogP contribution in [0.5, 0.6) is 0 Å². The first-order chi connectivity index (χ1) is 5.91. The highest BCUT2D eigenvalue weighted by atomic mass is 16.2. The minimum Gasteiger partial charge on any atom is -0.516 e. The van der Waals surface area contributed by atoms with Crippen LogP contribution in [0.4, 0.5) is 0 Å². The van der Waals surface area contributed by atoms with E-state index in [2.05, 4.69) is 6.58 Å². The molecule has 0 aliphatic rings. The normalized spacial score (nSPS) is 10.7. The van der Waals surface area contributed by atoms with E-state index >= 15 is 0 Å². The first-order valence-corrected chi connectivity index (χ1v) is 4.82. The van der Waals surface area contributed by atoms with Gasteiger partial charge in [0.2, 0.25) is 0 Å². The molecule has 0 aromatic rings. The van der Waals surface area contributed by atoms with Crippen LogP contribution >= 0.6 is 0 Å². The van der Waals surface area contributed by atoms with Gasteiger partial charge in [-0.2, -0.15) is 0 Å². The van der Waals surface area contributed by atoms with Gasteiger partial charge in [-0.3, -0.25) is 0 Å². The summed E-state index contributed by atoms with van der Waals surface area (Å²) < 4.78 is 0. The first-order valence-electron chi connectivity index (χ1n) is 4.82. The standard InChI is InChI=1S/C11H20O/c1-2-3-4-5-6-7-8-9-10-11-12/h2,10-12H,1,3-9H2. The Hall–Kier alpha value is -0.720. The SMILES string of the molecule is C=CCCCCCCCC=CO. The van der Waals surface area contributed by atoms with Crippen LogP contribution in [0.1, 0.15) is 44.9 Å². The molecule has 0 aromatic heterocycles. The van der Waals surface area contributed by atoms with Crippen LogP contribution in [0.3, 0.4) is 0 Å². The summed E-state index contributed by atoms with van der Waals surface area (Å²) in [6.07, 6.45) is 13.5. The van der Waals surface area contributed by atoms with Crippen molar-refractivity contribution in [1.82, 2.24) is 0 Å². The second-order valence-electron chi connectivity index (χ2n) is 3.02. The number of aliphatic hydroxyl groups is 1. The third kappa shape index (κ3) is 9.28. The van der Waals surface area contributed by atoms with Crippen molar-refractivity contribution in [2.45, 2.75) is 44.9 Å². The number of allylic oxidation sites excluding steroid dienone is 2. The van der Waals surface area contributed by atoms with Gasteiger partial charge in [0, 0.05) is 0 Å². The van der Waals surface area contributed by atoms with Crippen LogP contribution in [0.2, 0.25) is 0 Å². The molecule has 70 valence electrons. The van der Waals surface area contributed by atoms with E-state index in [-0.39, 0.29) is 0 Å². The van der Waals surface area contributed by atoms with E-state index in [1.807, 2.05) is 12.2 Å². The summed E-state index contributed by atoms with van der Waals surface area (Å²) in [4.78, 5) is 0. The van der Waals surface area contributed by atoms with Crippen molar-refractivity contribution >= 4 is 0 Å². The molecular formula is C11H20O. The fourth-order valence-corrected chi connectivity index (χ4v) is 1.16. The molecule has 1 heteroatoms. The third-order valence-corrected chi connectivity index (χ3v) is 1.88. The molecule has 0 spiro atoms. The van der Waals surface area contributed by atoms with Crippen molar-refractivity contribution in [3.8, 4) is 0 Å². The Labute approximate surface area is 75.8 Å². The Morgan fingerprint density at radius 2 is 1.50 bits per heavy atom. The molecule has 1 N–H and O–H groups in total. The van der Waals surface area contributed by atoms with Crippen LogP contribution in [0.25, 0.3) is 0 Å². The molecule has 0 heterocycles. The monoisotopic (exact) mass is 168 g/mol. The molecular weight excluding hydrogens is 148 g/mol. The lowest BCUT2D eigenvalue weighted by atomic mass is 10.1. The average molecular weight is 168 g/mol. The zero-order chi connectivity index (χ0) is 9.07. The van der Waals surface area contributed by atoms with Gasteiger partial charge >= 0.3 is 0 Å². The molecule has 1 nitrogen and oxygen atoms in total. The molecule has 0 saturated carbocycles. The molecule has 0 aliphatic carbocycles. The van der Waals surface area contributed by atoms with Crippen molar-refractivity contribution < 1.29 is 5.11 Å². The summed E-state index contributed by atoms with van der Waals surface area (Å²) in [5, 5.41) is 8.35. The molecule has 12 heavy (non-hydrogen) atoms. The minimum absolute atomic E-state index is 1.01. The molecule has 0 unspecified atom stereocenters. The van der Waals surface area contributed by atoms with Crippen LogP contribution < -0.4 is 0 Å². The van der Waals surface area contributed by atoms with E-state index < -0.39 is 0 Å². The van der Waals surface area contributed by atoms with Crippen molar-refractivity contribution in [2.75, 3.05) is 0 Å². The van der Waals surface area contributed by atoms with Gasteiger partial charge in [0.05, 0.1) is 6.26 Å². The summed E-state index contributed by atoms with van der Waals surface area (Å²) in [5.74, 6) is 0. The van der Waals surface area contributed by atoms with Crippen LogP contribution in [0, 0.1) is 0 Å². The lowest BCUT2D eigenvalue weighted by Gasteiger charge is -1.97. The second-order valence-corrected chi connectivity index (χ2v) is 3.02. The van der Waals surface area contributed by atoms with Crippen LogP contribution in [-0.4, -0.2) is 5.11 Å². The highest BCUT2D eigenvalue weighted by molar-refractivity contribution is 4.71. The van der Waals surface area contributed by atoms with Gasteiger partial charge in [0.1, 0.15) is 0 Å².